The molecule has 2 aromatic rings. The Balaban J connectivity index is 1.31. The number of aryl methyl sites for hydroxylation is 1. The summed E-state index contributed by atoms with van der Waals surface area (Å²) >= 11 is 0. The van der Waals surface area contributed by atoms with Crippen molar-refractivity contribution in [3.8, 4) is 5.75 Å². The van der Waals surface area contributed by atoms with Crippen molar-refractivity contribution in [2.45, 2.75) is 19.4 Å². The van der Waals surface area contributed by atoms with Gasteiger partial charge in [-0.05, 0) is 31.2 Å². The van der Waals surface area contributed by atoms with Gasteiger partial charge in [-0.2, -0.15) is 0 Å². The van der Waals surface area contributed by atoms with Crippen LogP contribution in [0.15, 0.2) is 36.7 Å². The van der Waals surface area contributed by atoms with E-state index in [2.05, 4.69) is 9.97 Å². The molecule has 6 nitrogen and oxygen atoms in total. The van der Waals surface area contributed by atoms with E-state index in [0.29, 0.717) is 32.0 Å². The van der Waals surface area contributed by atoms with E-state index < -0.39 is 5.82 Å². The molecule has 0 unspecified atom stereocenters. The number of aromatic nitrogens is 2. The highest BCUT2D eigenvalue weighted by molar-refractivity contribution is 5.78. The van der Waals surface area contributed by atoms with E-state index in [0.717, 1.165) is 17.6 Å². The van der Waals surface area contributed by atoms with E-state index in [1.807, 2.05) is 24.0 Å². The molecule has 4 heterocycles. The fourth-order valence-corrected chi connectivity index (χ4v) is 3.69. The number of rotatable bonds is 5. The van der Waals surface area contributed by atoms with E-state index in [9.17, 15) is 9.18 Å². The summed E-state index contributed by atoms with van der Waals surface area (Å²) < 4.78 is 24.7. The summed E-state index contributed by atoms with van der Waals surface area (Å²) in [6, 6.07) is 6.70. The number of fused-ring (bicyclic) bond motifs is 1. The predicted octanol–water partition coefficient (Wildman–Crippen LogP) is 2.02. The molecule has 3 atom stereocenters. The highest BCUT2D eigenvalue weighted by atomic mass is 19.1. The average molecular weight is 371 g/mol. The summed E-state index contributed by atoms with van der Waals surface area (Å²) in [7, 11) is 0. The van der Waals surface area contributed by atoms with Crippen molar-refractivity contribution in [2.75, 3.05) is 26.3 Å². The zero-order valence-corrected chi connectivity index (χ0v) is 15.2. The third-order valence-corrected chi connectivity index (χ3v) is 5.26. The van der Waals surface area contributed by atoms with Crippen molar-refractivity contribution < 1.29 is 18.7 Å². The Morgan fingerprint density at radius 1 is 1.26 bits per heavy atom. The summed E-state index contributed by atoms with van der Waals surface area (Å²) in [5.74, 6) is 0.861. The van der Waals surface area contributed by atoms with Crippen LogP contribution in [0.5, 0.6) is 5.75 Å². The monoisotopic (exact) mass is 371 g/mol. The second-order valence-electron chi connectivity index (χ2n) is 7.19. The quantitative estimate of drug-likeness (QED) is 0.805. The van der Waals surface area contributed by atoms with Crippen LogP contribution in [0.25, 0.3) is 0 Å². The third kappa shape index (κ3) is 4.08. The largest absolute Gasteiger partial charge is 0.492 e. The normalized spacial score (nSPS) is 24.1. The second kappa shape index (κ2) is 7.60. The maximum atomic E-state index is 12.9. The molecule has 142 valence electrons. The van der Waals surface area contributed by atoms with Gasteiger partial charge in [-0.15, -0.1) is 0 Å². The van der Waals surface area contributed by atoms with E-state index >= 15 is 0 Å². The van der Waals surface area contributed by atoms with Gasteiger partial charge < -0.3 is 14.4 Å². The van der Waals surface area contributed by atoms with Crippen molar-refractivity contribution in [2.24, 2.45) is 11.8 Å². The summed E-state index contributed by atoms with van der Waals surface area (Å²) in [6.45, 7) is 4.38. The Kier molecular flexibility index (Phi) is 5.03. The first-order chi connectivity index (χ1) is 13.1. The number of hydrogen-bond acceptors (Lipinski definition) is 5. The lowest BCUT2D eigenvalue weighted by molar-refractivity contribution is -0.130. The van der Waals surface area contributed by atoms with Crippen molar-refractivity contribution in [1.29, 1.82) is 0 Å². The van der Waals surface area contributed by atoms with Gasteiger partial charge in [0.15, 0.2) is 0 Å². The number of likely N-dealkylation sites (tertiary alicyclic amines) is 1. The number of ether oxygens (including phenoxy) is 2. The van der Waals surface area contributed by atoms with Gasteiger partial charge in [0.05, 0.1) is 38.1 Å². The van der Waals surface area contributed by atoms with Crippen LogP contribution in [-0.2, 0) is 16.0 Å². The third-order valence-electron chi connectivity index (χ3n) is 5.26. The van der Waals surface area contributed by atoms with E-state index in [4.69, 9.17) is 9.47 Å². The molecule has 0 saturated carbocycles. The summed E-state index contributed by atoms with van der Waals surface area (Å²) in [5, 5.41) is 0. The molecule has 2 aliphatic heterocycles. The van der Waals surface area contributed by atoms with Crippen LogP contribution in [0.1, 0.15) is 11.4 Å². The molecule has 2 fully saturated rings. The molecule has 0 radical (unpaired) electrons. The van der Waals surface area contributed by atoms with Crippen LogP contribution in [0, 0.1) is 24.6 Å². The summed E-state index contributed by atoms with van der Waals surface area (Å²) in [5.41, 5.74) is 1.53. The first kappa shape index (κ1) is 17.9. The van der Waals surface area contributed by atoms with E-state index in [-0.39, 0.29) is 30.3 Å². The van der Waals surface area contributed by atoms with Gasteiger partial charge in [0, 0.05) is 36.3 Å². The van der Waals surface area contributed by atoms with Crippen LogP contribution >= 0.6 is 0 Å². The molecule has 0 bridgehead atoms. The molecule has 2 aromatic heterocycles. The van der Waals surface area contributed by atoms with Crippen molar-refractivity contribution in [3.05, 3.63) is 53.9 Å². The first-order valence-electron chi connectivity index (χ1n) is 9.14. The lowest BCUT2D eigenvalue weighted by atomic mass is 9.94. The minimum Gasteiger partial charge on any atom is -0.492 e. The Hall–Kier alpha value is -2.54. The maximum absolute atomic E-state index is 12.9. The molecule has 7 heteroatoms. The zero-order chi connectivity index (χ0) is 18.8. The molecule has 1 amide bonds. The molecule has 27 heavy (non-hydrogen) atoms. The highest BCUT2D eigenvalue weighted by Gasteiger charge is 2.45. The van der Waals surface area contributed by atoms with Crippen LogP contribution in [0.4, 0.5) is 4.39 Å². The van der Waals surface area contributed by atoms with Crippen LogP contribution < -0.4 is 4.74 Å². The zero-order valence-electron chi connectivity index (χ0n) is 15.2. The smallest absolute Gasteiger partial charge is 0.228 e. The Labute approximate surface area is 157 Å². The number of carbonyl (C=O) groups excluding carboxylic acids is 1. The minimum absolute atomic E-state index is 0.00508. The van der Waals surface area contributed by atoms with Crippen molar-refractivity contribution >= 4 is 5.91 Å². The van der Waals surface area contributed by atoms with Gasteiger partial charge in [-0.25, -0.2) is 4.39 Å². The standard InChI is InChI=1S/C20H22FN3O3/c1-13-2-5-17(8-22-13)26-11-14-12-27-19-10-24(9-18(14)19)20(25)6-16-4-3-15(21)7-23-16/h2-5,7-8,14,18-19H,6,9-12H2,1H3/t14-,18+,19+/m0/s1. The van der Waals surface area contributed by atoms with E-state index in [1.54, 1.807) is 12.3 Å². The SMILES string of the molecule is Cc1ccc(OC[C@H]2CO[C@@H]3CN(C(=O)Cc4ccc(F)cn4)C[C@H]23)cn1. The molecule has 4 rings (SSSR count). The Morgan fingerprint density at radius 3 is 2.89 bits per heavy atom. The number of amides is 1. The van der Waals surface area contributed by atoms with Gasteiger partial charge in [-0.1, -0.05) is 0 Å². The van der Waals surface area contributed by atoms with Gasteiger partial charge >= 0.3 is 0 Å². The Morgan fingerprint density at radius 2 is 2.15 bits per heavy atom. The number of halogens is 1. The predicted molar refractivity (Wildman–Crippen MR) is 95.7 cm³/mol. The maximum Gasteiger partial charge on any atom is 0.228 e. The fourth-order valence-electron chi connectivity index (χ4n) is 3.69. The molecule has 0 aliphatic carbocycles. The van der Waals surface area contributed by atoms with Crippen LogP contribution in [0.3, 0.4) is 0 Å². The molecule has 2 saturated heterocycles. The van der Waals surface area contributed by atoms with Gasteiger partial charge in [0.1, 0.15) is 11.6 Å². The van der Waals surface area contributed by atoms with Crippen molar-refractivity contribution in [1.82, 2.24) is 14.9 Å². The minimum atomic E-state index is -0.401. The van der Waals surface area contributed by atoms with Crippen molar-refractivity contribution in [3.63, 3.8) is 0 Å². The van der Waals surface area contributed by atoms with Crippen LogP contribution in [-0.4, -0.2) is 53.2 Å². The topological polar surface area (TPSA) is 64.6 Å². The molecule has 2 aliphatic rings. The lowest BCUT2D eigenvalue weighted by Crippen LogP contribution is -2.33. The number of hydrogen-bond donors (Lipinski definition) is 0. The van der Waals surface area contributed by atoms with Gasteiger partial charge in [0.25, 0.3) is 0 Å². The molecule has 0 spiro atoms. The second-order valence-corrected chi connectivity index (χ2v) is 7.19. The first-order valence-corrected chi connectivity index (χ1v) is 9.14. The number of carbonyl (C=O) groups is 1. The fraction of sp³-hybridized carbons (Fsp3) is 0.450. The molecule has 0 N–H and O–H groups in total. The summed E-state index contributed by atoms with van der Waals surface area (Å²) in [6.07, 6.45) is 3.09. The summed E-state index contributed by atoms with van der Waals surface area (Å²) in [4.78, 5) is 22.6. The Bertz CT molecular complexity index is 797. The highest BCUT2D eigenvalue weighted by Crippen LogP contribution is 2.34. The van der Waals surface area contributed by atoms with Gasteiger partial charge in [-0.3, -0.25) is 14.8 Å². The number of nitrogens with zero attached hydrogens (tertiary/aromatic N) is 3. The van der Waals surface area contributed by atoms with Crippen LogP contribution in [0.2, 0.25) is 0 Å². The molecular formula is C20H22FN3O3. The van der Waals surface area contributed by atoms with Gasteiger partial charge in [0.2, 0.25) is 5.91 Å². The molecular weight excluding hydrogens is 349 g/mol. The molecule has 0 aromatic carbocycles. The van der Waals surface area contributed by atoms with E-state index in [1.165, 1.54) is 6.07 Å². The lowest BCUT2D eigenvalue weighted by Gasteiger charge is -2.20. The average Bonchev–Trinajstić information content (AvgIpc) is 3.24. The number of pyridine rings is 2.